The van der Waals surface area contributed by atoms with Gasteiger partial charge in [-0.3, -0.25) is 0 Å². The number of aromatic amines is 1. The van der Waals surface area contributed by atoms with Crippen LogP contribution in [0.2, 0.25) is 0 Å². The Kier molecular flexibility index (Phi) is 4.35. The van der Waals surface area contributed by atoms with E-state index in [4.69, 9.17) is 5.73 Å². The zero-order chi connectivity index (χ0) is 13.7. The zero-order valence-electron chi connectivity index (χ0n) is 11.3. The normalized spacial score (nSPS) is 12.2. The van der Waals surface area contributed by atoms with Gasteiger partial charge in [0.05, 0.1) is 6.54 Å². The van der Waals surface area contributed by atoms with Crippen molar-refractivity contribution in [2.24, 2.45) is 5.73 Å². The maximum atomic E-state index is 5.59. The van der Waals surface area contributed by atoms with Gasteiger partial charge in [0.25, 0.3) is 0 Å². The summed E-state index contributed by atoms with van der Waals surface area (Å²) in [5.74, 6) is 1.66. The van der Waals surface area contributed by atoms with Gasteiger partial charge in [0, 0.05) is 37.6 Å². The van der Waals surface area contributed by atoms with Gasteiger partial charge in [-0.25, -0.2) is 9.97 Å². The first-order valence-corrected chi connectivity index (χ1v) is 6.31. The molecule has 1 unspecified atom stereocenters. The summed E-state index contributed by atoms with van der Waals surface area (Å²) in [6.07, 6.45) is 3.48. The first kappa shape index (κ1) is 13.4. The highest BCUT2D eigenvalue weighted by molar-refractivity contribution is 5.48. The summed E-state index contributed by atoms with van der Waals surface area (Å²) in [7, 11) is 2.00. The molecule has 0 amide bonds. The molecule has 6 heteroatoms. The van der Waals surface area contributed by atoms with E-state index in [-0.39, 0.29) is 6.04 Å². The van der Waals surface area contributed by atoms with E-state index < -0.39 is 0 Å². The molecule has 0 aliphatic heterocycles. The lowest BCUT2D eigenvalue weighted by molar-refractivity contribution is 0.795. The summed E-state index contributed by atoms with van der Waals surface area (Å²) in [4.78, 5) is 13.7. The molecule has 2 heterocycles. The van der Waals surface area contributed by atoms with Crippen LogP contribution in [0, 0.1) is 0 Å². The number of H-pyrrole nitrogens is 1. The van der Waals surface area contributed by atoms with Gasteiger partial charge in [-0.1, -0.05) is 0 Å². The van der Waals surface area contributed by atoms with E-state index in [1.54, 1.807) is 6.33 Å². The van der Waals surface area contributed by atoms with Crippen LogP contribution in [0.4, 0.5) is 11.6 Å². The summed E-state index contributed by atoms with van der Waals surface area (Å²) in [6.45, 7) is 3.36. The molecule has 19 heavy (non-hydrogen) atoms. The van der Waals surface area contributed by atoms with Gasteiger partial charge in [0.1, 0.15) is 18.0 Å². The molecular weight excluding hydrogens is 240 g/mol. The molecule has 0 aliphatic carbocycles. The first-order valence-electron chi connectivity index (χ1n) is 6.31. The minimum atomic E-state index is 0.191. The molecule has 2 aromatic heterocycles. The molecule has 0 saturated carbocycles. The van der Waals surface area contributed by atoms with E-state index in [1.807, 2.05) is 38.4 Å². The Morgan fingerprint density at radius 2 is 2.32 bits per heavy atom. The van der Waals surface area contributed by atoms with Crippen LogP contribution in [-0.4, -0.2) is 34.6 Å². The molecule has 102 valence electrons. The highest BCUT2D eigenvalue weighted by Gasteiger charge is 2.07. The molecule has 0 saturated heterocycles. The number of aromatic nitrogens is 3. The third-order valence-electron chi connectivity index (χ3n) is 2.86. The summed E-state index contributed by atoms with van der Waals surface area (Å²) < 4.78 is 0. The molecule has 0 radical (unpaired) electrons. The maximum Gasteiger partial charge on any atom is 0.134 e. The highest BCUT2D eigenvalue weighted by Crippen LogP contribution is 2.15. The fraction of sp³-hybridized carbons (Fsp3) is 0.385. The van der Waals surface area contributed by atoms with E-state index in [0.29, 0.717) is 6.54 Å². The molecule has 0 bridgehead atoms. The Balaban J connectivity index is 2.05. The van der Waals surface area contributed by atoms with Gasteiger partial charge in [0.2, 0.25) is 0 Å². The zero-order valence-corrected chi connectivity index (χ0v) is 11.3. The van der Waals surface area contributed by atoms with Crippen LogP contribution in [0.5, 0.6) is 0 Å². The van der Waals surface area contributed by atoms with Crippen molar-refractivity contribution in [1.82, 2.24) is 15.0 Å². The Bertz CT molecular complexity index is 496. The van der Waals surface area contributed by atoms with E-state index in [9.17, 15) is 0 Å². The Labute approximate surface area is 113 Å². The highest BCUT2D eigenvalue weighted by atomic mass is 15.2. The smallest absolute Gasteiger partial charge is 0.134 e. The number of hydrogen-bond donors (Lipinski definition) is 3. The van der Waals surface area contributed by atoms with Crippen molar-refractivity contribution >= 4 is 11.6 Å². The number of nitrogens with one attached hydrogen (secondary N) is 2. The molecule has 0 fully saturated rings. The second kappa shape index (κ2) is 6.19. The van der Waals surface area contributed by atoms with Crippen LogP contribution in [0.3, 0.4) is 0 Å². The third kappa shape index (κ3) is 3.69. The molecular formula is C13H20N6. The molecule has 0 aromatic carbocycles. The summed E-state index contributed by atoms with van der Waals surface area (Å²) >= 11 is 0. The van der Waals surface area contributed by atoms with Crippen molar-refractivity contribution in [2.75, 3.05) is 23.8 Å². The summed E-state index contributed by atoms with van der Waals surface area (Å²) in [5, 5.41) is 3.24. The molecule has 6 nitrogen and oxygen atoms in total. The Hall–Kier alpha value is -2.08. The van der Waals surface area contributed by atoms with Crippen LogP contribution in [-0.2, 0) is 6.54 Å². The number of rotatable bonds is 6. The van der Waals surface area contributed by atoms with E-state index in [0.717, 1.165) is 23.9 Å². The van der Waals surface area contributed by atoms with Crippen LogP contribution in [0.1, 0.15) is 12.6 Å². The van der Waals surface area contributed by atoms with E-state index >= 15 is 0 Å². The average Bonchev–Trinajstić information content (AvgIpc) is 2.91. The van der Waals surface area contributed by atoms with Crippen molar-refractivity contribution < 1.29 is 0 Å². The lowest BCUT2D eigenvalue weighted by Crippen LogP contribution is -2.26. The van der Waals surface area contributed by atoms with Crippen molar-refractivity contribution in [3.05, 3.63) is 36.4 Å². The predicted molar refractivity (Wildman–Crippen MR) is 77.1 cm³/mol. The summed E-state index contributed by atoms with van der Waals surface area (Å²) in [6, 6.07) is 6.15. The third-order valence-corrected chi connectivity index (χ3v) is 2.86. The molecule has 1 atom stereocenters. The largest absolute Gasteiger partial charge is 0.366 e. The lowest BCUT2D eigenvalue weighted by atomic mass is 10.3. The standard InChI is InChI=1S/C13H20N6/c1-10(7-14)18-12-6-13(17-9-16-12)19(2)8-11-4-3-5-15-11/h3-6,9-10,15H,7-8,14H2,1-2H3,(H,16,17,18). The van der Waals surface area contributed by atoms with Gasteiger partial charge in [-0.2, -0.15) is 0 Å². The van der Waals surface area contributed by atoms with Crippen LogP contribution in [0.15, 0.2) is 30.7 Å². The monoisotopic (exact) mass is 260 g/mol. The van der Waals surface area contributed by atoms with Crippen molar-refractivity contribution in [1.29, 1.82) is 0 Å². The Morgan fingerprint density at radius 3 is 3.00 bits per heavy atom. The number of anilines is 2. The van der Waals surface area contributed by atoms with Crippen molar-refractivity contribution in [3.8, 4) is 0 Å². The fourth-order valence-corrected chi connectivity index (χ4v) is 1.75. The first-order chi connectivity index (χ1) is 9.19. The quantitative estimate of drug-likeness (QED) is 0.727. The van der Waals surface area contributed by atoms with Gasteiger partial charge in [0.15, 0.2) is 0 Å². The Morgan fingerprint density at radius 1 is 1.47 bits per heavy atom. The maximum absolute atomic E-state index is 5.59. The lowest BCUT2D eigenvalue weighted by Gasteiger charge is -2.19. The van der Waals surface area contributed by atoms with Gasteiger partial charge in [-0.15, -0.1) is 0 Å². The summed E-state index contributed by atoms with van der Waals surface area (Å²) in [5.41, 5.74) is 6.73. The van der Waals surface area contributed by atoms with E-state index in [2.05, 4.69) is 25.2 Å². The molecule has 0 aliphatic rings. The number of hydrogen-bond acceptors (Lipinski definition) is 5. The predicted octanol–water partition coefficient (Wildman–Crippen LogP) is 1.20. The van der Waals surface area contributed by atoms with Crippen LogP contribution in [0.25, 0.3) is 0 Å². The average molecular weight is 260 g/mol. The van der Waals surface area contributed by atoms with Crippen molar-refractivity contribution in [2.45, 2.75) is 19.5 Å². The molecule has 4 N–H and O–H groups in total. The second-order valence-corrected chi connectivity index (χ2v) is 4.59. The van der Waals surface area contributed by atoms with E-state index in [1.165, 1.54) is 0 Å². The fourth-order valence-electron chi connectivity index (χ4n) is 1.75. The molecule has 0 spiro atoms. The SMILES string of the molecule is CC(CN)Nc1cc(N(C)Cc2ccc[nH]2)ncn1. The number of nitrogens with zero attached hydrogens (tertiary/aromatic N) is 3. The van der Waals surface area contributed by atoms with Crippen LogP contribution >= 0.6 is 0 Å². The number of nitrogens with two attached hydrogens (primary N) is 1. The topological polar surface area (TPSA) is 82.9 Å². The van der Waals surface area contributed by atoms with Crippen LogP contribution < -0.4 is 16.0 Å². The van der Waals surface area contributed by atoms with Gasteiger partial charge < -0.3 is 20.9 Å². The van der Waals surface area contributed by atoms with Crippen molar-refractivity contribution in [3.63, 3.8) is 0 Å². The molecule has 2 rings (SSSR count). The second-order valence-electron chi connectivity index (χ2n) is 4.59. The minimum Gasteiger partial charge on any atom is -0.366 e. The van der Waals surface area contributed by atoms with Gasteiger partial charge in [-0.05, 0) is 19.1 Å². The minimum absolute atomic E-state index is 0.191. The molecule has 2 aromatic rings. The van der Waals surface area contributed by atoms with Gasteiger partial charge >= 0.3 is 0 Å².